The highest BCUT2D eigenvalue weighted by molar-refractivity contribution is 9.11. The maximum absolute atomic E-state index is 8.58. The Morgan fingerprint density at radius 2 is 2.14 bits per heavy atom. The van der Waals surface area contributed by atoms with Crippen LogP contribution in [-0.2, 0) is 6.54 Å². The summed E-state index contributed by atoms with van der Waals surface area (Å²) in [6, 6.07) is 4.21. The van der Waals surface area contributed by atoms with Crippen molar-refractivity contribution >= 4 is 27.3 Å². The van der Waals surface area contributed by atoms with Crippen LogP contribution in [0.25, 0.3) is 0 Å². The number of aliphatic hydroxyl groups excluding tert-OH is 1. The summed E-state index contributed by atoms with van der Waals surface area (Å²) in [6.45, 7) is 2.31. The molecule has 80 valence electrons. The smallest absolute Gasteiger partial charge is 0.0701 e. The molecule has 0 saturated heterocycles. The Labute approximate surface area is 97.5 Å². The zero-order valence-corrected chi connectivity index (χ0v) is 10.5. The summed E-state index contributed by atoms with van der Waals surface area (Å²) in [5, 5.41) is 12.0. The van der Waals surface area contributed by atoms with Crippen LogP contribution in [-0.4, -0.2) is 18.3 Å². The van der Waals surface area contributed by atoms with E-state index in [0.29, 0.717) is 6.61 Å². The molecule has 4 heteroatoms. The van der Waals surface area contributed by atoms with E-state index in [-0.39, 0.29) is 0 Å². The van der Waals surface area contributed by atoms with Crippen LogP contribution in [0.1, 0.15) is 24.1 Å². The van der Waals surface area contributed by atoms with Crippen molar-refractivity contribution in [2.75, 3.05) is 13.2 Å². The summed E-state index contributed by atoms with van der Waals surface area (Å²) in [5.74, 6) is 0. The topological polar surface area (TPSA) is 32.3 Å². The van der Waals surface area contributed by atoms with Crippen LogP contribution in [0.3, 0.4) is 0 Å². The van der Waals surface area contributed by atoms with E-state index < -0.39 is 0 Å². The molecule has 1 aromatic rings. The van der Waals surface area contributed by atoms with Crippen LogP contribution in [0.4, 0.5) is 0 Å². The fraction of sp³-hybridized carbons (Fsp3) is 0.600. The molecule has 0 amide bonds. The van der Waals surface area contributed by atoms with Crippen molar-refractivity contribution in [3.8, 4) is 0 Å². The number of nitrogens with one attached hydrogen (secondary N) is 1. The molecule has 0 atom stereocenters. The van der Waals surface area contributed by atoms with Gasteiger partial charge in [0.2, 0.25) is 0 Å². The van der Waals surface area contributed by atoms with E-state index in [0.717, 1.165) is 32.4 Å². The first-order chi connectivity index (χ1) is 6.83. The minimum Gasteiger partial charge on any atom is -0.396 e. The fourth-order valence-corrected chi connectivity index (χ4v) is 2.65. The van der Waals surface area contributed by atoms with Crippen LogP contribution in [0.5, 0.6) is 0 Å². The lowest BCUT2D eigenvalue weighted by molar-refractivity contribution is 0.283. The van der Waals surface area contributed by atoms with Gasteiger partial charge in [-0.15, -0.1) is 11.3 Å². The predicted octanol–water partition coefficient (Wildman–Crippen LogP) is 2.76. The first kappa shape index (κ1) is 12.2. The van der Waals surface area contributed by atoms with Crippen molar-refractivity contribution in [1.82, 2.24) is 5.32 Å². The molecule has 1 rings (SSSR count). The van der Waals surface area contributed by atoms with E-state index in [1.165, 1.54) is 8.66 Å². The van der Waals surface area contributed by atoms with E-state index in [4.69, 9.17) is 5.11 Å². The molecule has 0 unspecified atom stereocenters. The number of halogens is 1. The highest BCUT2D eigenvalue weighted by Gasteiger charge is 1.96. The maximum Gasteiger partial charge on any atom is 0.0701 e. The molecule has 0 aliphatic rings. The molecule has 14 heavy (non-hydrogen) atoms. The molecule has 1 aromatic heterocycles. The average Bonchev–Trinajstić information content (AvgIpc) is 2.58. The summed E-state index contributed by atoms with van der Waals surface area (Å²) in [6.07, 6.45) is 3.18. The van der Waals surface area contributed by atoms with Gasteiger partial charge in [0.1, 0.15) is 0 Å². The fourth-order valence-electron chi connectivity index (χ4n) is 1.20. The molecule has 2 N–H and O–H groups in total. The van der Waals surface area contributed by atoms with Gasteiger partial charge in [0, 0.05) is 18.0 Å². The van der Waals surface area contributed by atoms with Gasteiger partial charge in [-0.3, -0.25) is 0 Å². The van der Waals surface area contributed by atoms with Gasteiger partial charge < -0.3 is 10.4 Å². The van der Waals surface area contributed by atoms with Gasteiger partial charge in [-0.1, -0.05) is 0 Å². The number of thiophene rings is 1. The van der Waals surface area contributed by atoms with Crippen LogP contribution in [0.15, 0.2) is 15.9 Å². The third kappa shape index (κ3) is 5.10. The largest absolute Gasteiger partial charge is 0.396 e. The van der Waals surface area contributed by atoms with Gasteiger partial charge in [-0.25, -0.2) is 0 Å². The lowest BCUT2D eigenvalue weighted by atomic mass is 10.2. The molecule has 0 bridgehead atoms. The second-order valence-electron chi connectivity index (χ2n) is 3.17. The monoisotopic (exact) mass is 277 g/mol. The first-order valence-corrected chi connectivity index (χ1v) is 6.49. The highest BCUT2D eigenvalue weighted by atomic mass is 79.9. The van der Waals surface area contributed by atoms with Crippen molar-refractivity contribution in [2.45, 2.75) is 25.8 Å². The standard InChI is InChI=1S/C10H16BrNOS/c11-10-5-4-9(14-10)8-12-6-2-1-3-7-13/h4-5,12-13H,1-3,6-8H2. The van der Waals surface area contributed by atoms with Crippen LogP contribution >= 0.6 is 27.3 Å². The Morgan fingerprint density at radius 1 is 1.29 bits per heavy atom. The molecule has 0 aromatic carbocycles. The molecular formula is C10H16BrNOS. The minimum atomic E-state index is 0.317. The second kappa shape index (κ2) is 7.40. The Kier molecular flexibility index (Phi) is 6.43. The Hall–Kier alpha value is 0.1000. The van der Waals surface area contributed by atoms with Crippen molar-refractivity contribution in [2.24, 2.45) is 0 Å². The average molecular weight is 278 g/mol. The van der Waals surface area contributed by atoms with Crippen LogP contribution in [0, 0.1) is 0 Å². The summed E-state index contributed by atoms with van der Waals surface area (Å²) >= 11 is 5.21. The number of hydrogen-bond acceptors (Lipinski definition) is 3. The quantitative estimate of drug-likeness (QED) is 0.752. The Balaban J connectivity index is 1.99. The molecule has 1 heterocycles. The molecule has 0 spiro atoms. The van der Waals surface area contributed by atoms with Gasteiger partial charge in [0.05, 0.1) is 3.79 Å². The Bertz CT molecular complexity index is 252. The lowest BCUT2D eigenvalue weighted by Crippen LogP contribution is -2.13. The van der Waals surface area contributed by atoms with E-state index >= 15 is 0 Å². The third-order valence-electron chi connectivity index (χ3n) is 1.94. The van der Waals surface area contributed by atoms with E-state index in [1.54, 1.807) is 11.3 Å². The van der Waals surface area contributed by atoms with Gasteiger partial charge in [-0.2, -0.15) is 0 Å². The second-order valence-corrected chi connectivity index (χ2v) is 5.71. The summed E-state index contributed by atoms with van der Waals surface area (Å²) in [5.41, 5.74) is 0. The van der Waals surface area contributed by atoms with E-state index in [2.05, 4.69) is 33.4 Å². The zero-order valence-electron chi connectivity index (χ0n) is 8.13. The lowest BCUT2D eigenvalue weighted by Gasteiger charge is -2.01. The van der Waals surface area contributed by atoms with Crippen molar-refractivity contribution in [3.63, 3.8) is 0 Å². The highest BCUT2D eigenvalue weighted by Crippen LogP contribution is 2.21. The minimum absolute atomic E-state index is 0.317. The zero-order chi connectivity index (χ0) is 10.2. The summed E-state index contributed by atoms with van der Waals surface area (Å²) in [4.78, 5) is 1.36. The maximum atomic E-state index is 8.58. The van der Waals surface area contributed by atoms with Crippen LogP contribution < -0.4 is 5.32 Å². The molecule has 0 radical (unpaired) electrons. The third-order valence-corrected chi connectivity index (χ3v) is 3.56. The number of rotatable bonds is 7. The van der Waals surface area contributed by atoms with Crippen molar-refractivity contribution in [1.29, 1.82) is 0 Å². The Morgan fingerprint density at radius 3 is 2.79 bits per heavy atom. The number of hydrogen-bond donors (Lipinski definition) is 2. The van der Waals surface area contributed by atoms with E-state index in [9.17, 15) is 0 Å². The molecule has 0 aliphatic carbocycles. The van der Waals surface area contributed by atoms with Gasteiger partial charge in [-0.05, 0) is 53.9 Å². The molecular weight excluding hydrogens is 262 g/mol. The van der Waals surface area contributed by atoms with Crippen molar-refractivity contribution in [3.05, 3.63) is 20.8 Å². The predicted molar refractivity (Wildman–Crippen MR) is 64.7 cm³/mol. The van der Waals surface area contributed by atoms with Crippen molar-refractivity contribution < 1.29 is 5.11 Å². The summed E-state index contributed by atoms with van der Waals surface area (Å²) < 4.78 is 1.19. The number of aliphatic hydroxyl groups is 1. The first-order valence-electron chi connectivity index (χ1n) is 4.88. The molecule has 0 aliphatic heterocycles. The molecule has 2 nitrogen and oxygen atoms in total. The normalized spacial score (nSPS) is 10.7. The van der Waals surface area contributed by atoms with Gasteiger partial charge >= 0.3 is 0 Å². The van der Waals surface area contributed by atoms with Gasteiger partial charge in [0.25, 0.3) is 0 Å². The SMILES string of the molecule is OCCCCCNCc1ccc(Br)s1. The van der Waals surface area contributed by atoms with Gasteiger partial charge in [0.15, 0.2) is 0 Å². The molecule has 0 fully saturated rings. The van der Waals surface area contributed by atoms with Crippen LogP contribution in [0.2, 0.25) is 0 Å². The number of unbranched alkanes of at least 4 members (excludes halogenated alkanes) is 2. The van der Waals surface area contributed by atoms with E-state index in [1.807, 2.05) is 0 Å². The summed E-state index contributed by atoms with van der Waals surface area (Å²) in [7, 11) is 0. The molecule has 0 saturated carbocycles.